The number of rotatable bonds is 5. The van der Waals surface area contributed by atoms with Crippen molar-refractivity contribution in [3.63, 3.8) is 0 Å². The number of aromatic nitrogens is 5. The number of para-hydroxylation sites is 2. The summed E-state index contributed by atoms with van der Waals surface area (Å²) in [6.07, 6.45) is 0. The number of benzene rings is 8. The first-order valence-electron chi connectivity index (χ1n) is 17.5. The summed E-state index contributed by atoms with van der Waals surface area (Å²) in [7, 11) is 0. The number of hydrogen-bond donors (Lipinski definition) is 0. The minimum Gasteiger partial charge on any atom is -0.309 e. The number of fused-ring (bicyclic) bond motifs is 3. The topological polar surface area (TPSA) is 48.5 Å². The first-order valence-corrected chi connectivity index (χ1v) is 17.5. The van der Waals surface area contributed by atoms with E-state index < -0.39 is 0 Å². The van der Waals surface area contributed by atoms with Crippen LogP contribution in [-0.2, 0) is 0 Å². The predicted octanol–water partition coefficient (Wildman–Crippen LogP) is 11.7. The minimum absolute atomic E-state index is 0.585. The van der Waals surface area contributed by atoms with Crippen molar-refractivity contribution in [3.05, 3.63) is 176 Å². The van der Waals surface area contributed by atoms with Crippen LogP contribution in [0.15, 0.2) is 176 Å². The summed E-state index contributed by atoms with van der Waals surface area (Å²) in [6, 6.07) is 62.1. The van der Waals surface area contributed by atoms with Crippen molar-refractivity contribution in [2.45, 2.75) is 0 Å². The molecule has 0 aliphatic rings. The van der Waals surface area contributed by atoms with E-state index in [1.807, 2.05) is 60.7 Å². The Bertz CT molecular complexity index is 3050. The third-order valence-corrected chi connectivity index (χ3v) is 10.3. The molecule has 0 spiro atoms. The van der Waals surface area contributed by atoms with E-state index in [2.05, 4.69) is 124 Å². The average molecular weight is 664 g/mol. The first kappa shape index (κ1) is 28.7. The van der Waals surface area contributed by atoms with Crippen LogP contribution in [-0.4, -0.2) is 24.1 Å². The van der Waals surface area contributed by atoms with Gasteiger partial charge >= 0.3 is 0 Å². The van der Waals surface area contributed by atoms with Gasteiger partial charge in [0.15, 0.2) is 11.6 Å². The summed E-state index contributed by atoms with van der Waals surface area (Å²) in [5, 5.41) is 7.38. The normalized spacial score (nSPS) is 11.8. The van der Waals surface area contributed by atoms with E-state index in [1.54, 1.807) is 0 Å². The van der Waals surface area contributed by atoms with Crippen LogP contribution in [0, 0.1) is 0 Å². The summed E-state index contributed by atoms with van der Waals surface area (Å²) in [5.74, 6) is 1.85. The summed E-state index contributed by atoms with van der Waals surface area (Å²) in [4.78, 5) is 15.3. The SMILES string of the molecule is c1ccc(-c2nc(-c3ccccc3)nc(-n3c4ccccc4c4ccc(-c5cc6ccc7cccc8c7c6c(c5)n8-c5ccccc5)cc43)n2)cc1. The molecule has 5 heteroatoms. The molecular weight excluding hydrogens is 635 g/mol. The van der Waals surface area contributed by atoms with Crippen LogP contribution in [0.5, 0.6) is 0 Å². The minimum atomic E-state index is 0.585. The maximum Gasteiger partial charge on any atom is 0.238 e. The van der Waals surface area contributed by atoms with E-state index in [0.29, 0.717) is 17.6 Å². The lowest BCUT2D eigenvalue weighted by Gasteiger charge is -2.12. The van der Waals surface area contributed by atoms with Crippen LogP contribution in [0.25, 0.3) is 99.9 Å². The molecule has 0 N–H and O–H groups in total. The highest BCUT2D eigenvalue weighted by atomic mass is 15.2. The molecule has 0 saturated carbocycles. The highest BCUT2D eigenvalue weighted by molar-refractivity contribution is 6.25. The predicted molar refractivity (Wildman–Crippen MR) is 214 cm³/mol. The molecule has 5 nitrogen and oxygen atoms in total. The molecule has 0 saturated heterocycles. The molecule has 0 bridgehead atoms. The van der Waals surface area contributed by atoms with E-state index in [9.17, 15) is 0 Å². The Balaban J connectivity index is 1.18. The van der Waals surface area contributed by atoms with Gasteiger partial charge in [0.1, 0.15) is 0 Å². The second-order valence-electron chi connectivity index (χ2n) is 13.3. The number of nitrogens with zero attached hydrogens (tertiary/aromatic N) is 5. The van der Waals surface area contributed by atoms with Crippen LogP contribution >= 0.6 is 0 Å². The Morgan fingerprint density at radius 1 is 0.327 bits per heavy atom. The smallest absolute Gasteiger partial charge is 0.238 e. The molecule has 52 heavy (non-hydrogen) atoms. The lowest BCUT2D eigenvalue weighted by atomic mass is 9.97. The zero-order valence-corrected chi connectivity index (χ0v) is 28.0. The van der Waals surface area contributed by atoms with Crippen LogP contribution in [0.2, 0.25) is 0 Å². The molecule has 0 amide bonds. The van der Waals surface area contributed by atoms with Crippen molar-refractivity contribution in [3.8, 4) is 45.5 Å². The Morgan fingerprint density at radius 3 is 1.67 bits per heavy atom. The molecule has 11 rings (SSSR count). The summed E-state index contributed by atoms with van der Waals surface area (Å²) in [6.45, 7) is 0. The molecule has 0 aliphatic heterocycles. The molecule has 0 radical (unpaired) electrons. The summed E-state index contributed by atoms with van der Waals surface area (Å²) < 4.78 is 4.61. The van der Waals surface area contributed by atoms with Gasteiger partial charge in [0.05, 0.1) is 22.1 Å². The van der Waals surface area contributed by atoms with Gasteiger partial charge in [0, 0.05) is 38.4 Å². The largest absolute Gasteiger partial charge is 0.309 e. The first-order chi connectivity index (χ1) is 25.8. The Labute approximate surface area is 299 Å². The Kier molecular flexibility index (Phi) is 6.18. The highest BCUT2D eigenvalue weighted by Gasteiger charge is 2.21. The van der Waals surface area contributed by atoms with Gasteiger partial charge in [0.25, 0.3) is 0 Å². The monoisotopic (exact) mass is 663 g/mol. The third-order valence-electron chi connectivity index (χ3n) is 10.3. The summed E-state index contributed by atoms with van der Waals surface area (Å²) in [5.41, 5.74) is 9.81. The maximum atomic E-state index is 5.15. The van der Waals surface area contributed by atoms with Crippen molar-refractivity contribution < 1.29 is 0 Å². The van der Waals surface area contributed by atoms with E-state index in [0.717, 1.165) is 49.7 Å². The van der Waals surface area contributed by atoms with E-state index in [1.165, 1.54) is 32.6 Å². The Hall–Kier alpha value is -7.11. The molecule has 3 heterocycles. The van der Waals surface area contributed by atoms with Gasteiger partial charge in [-0.25, -0.2) is 4.98 Å². The lowest BCUT2D eigenvalue weighted by molar-refractivity contribution is 0.953. The van der Waals surface area contributed by atoms with Gasteiger partial charge in [-0.1, -0.05) is 133 Å². The molecule has 11 aromatic rings. The molecule has 242 valence electrons. The molecular formula is C47H29N5. The van der Waals surface area contributed by atoms with Crippen molar-refractivity contribution in [2.75, 3.05) is 0 Å². The lowest BCUT2D eigenvalue weighted by Crippen LogP contribution is -2.06. The van der Waals surface area contributed by atoms with Crippen LogP contribution in [0.4, 0.5) is 0 Å². The van der Waals surface area contributed by atoms with Gasteiger partial charge in [-0.3, -0.25) is 4.57 Å². The second-order valence-corrected chi connectivity index (χ2v) is 13.3. The van der Waals surface area contributed by atoms with Crippen LogP contribution in [0.3, 0.4) is 0 Å². The van der Waals surface area contributed by atoms with Crippen LogP contribution in [0.1, 0.15) is 0 Å². The van der Waals surface area contributed by atoms with E-state index in [-0.39, 0.29) is 0 Å². The zero-order valence-electron chi connectivity index (χ0n) is 28.0. The summed E-state index contributed by atoms with van der Waals surface area (Å²) >= 11 is 0. The van der Waals surface area contributed by atoms with Gasteiger partial charge < -0.3 is 4.57 Å². The van der Waals surface area contributed by atoms with Crippen molar-refractivity contribution in [1.29, 1.82) is 0 Å². The Morgan fingerprint density at radius 2 is 0.923 bits per heavy atom. The van der Waals surface area contributed by atoms with E-state index >= 15 is 0 Å². The average Bonchev–Trinajstić information content (AvgIpc) is 3.74. The molecule has 0 unspecified atom stereocenters. The van der Waals surface area contributed by atoms with Gasteiger partial charge in [-0.15, -0.1) is 0 Å². The molecule has 0 atom stereocenters. The quantitative estimate of drug-likeness (QED) is 0.172. The second kappa shape index (κ2) is 11.2. The van der Waals surface area contributed by atoms with Gasteiger partial charge in [-0.2, -0.15) is 9.97 Å². The molecule has 0 aliphatic carbocycles. The van der Waals surface area contributed by atoms with Crippen molar-refractivity contribution in [2.24, 2.45) is 0 Å². The molecule has 3 aromatic heterocycles. The fourth-order valence-electron chi connectivity index (χ4n) is 7.98. The fourth-order valence-corrected chi connectivity index (χ4v) is 7.98. The van der Waals surface area contributed by atoms with Gasteiger partial charge in [0.2, 0.25) is 5.95 Å². The highest BCUT2D eigenvalue weighted by Crippen LogP contribution is 2.42. The van der Waals surface area contributed by atoms with Gasteiger partial charge in [-0.05, 0) is 64.4 Å². The third kappa shape index (κ3) is 4.33. The van der Waals surface area contributed by atoms with Crippen molar-refractivity contribution in [1.82, 2.24) is 24.1 Å². The maximum absolute atomic E-state index is 5.15. The zero-order chi connectivity index (χ0) is 34.2. The van der Waals surface area contributed by atoms with Crippen molar-refractivity contribution >= 4 is 54.4 Å². The molecule has 8 aromatic carbocycles. The standard InChI is InChI=1S/C47H29N5/c1-4-13-31(14-5-1)45-48-46(32-15-6-2-7-16-32)50-47(49-45)52-39-21-11-10-20-37(39)38-26-25-33(28-41(38)52)35-27-34-24-23-30-17-12-22-40-43(30)44(34)42(29-35)51(40)36-18-8-3-9-19-36/h1-29H. The van der Waals surface area contributed by atoms with Crippen LogP contribution < -0.4 is 0 Å². The fraction of sp³-hybridized carbons (Fsp3) is 0. The molecule has 0 fully saturated rings. The van der Waals surface area contributed by atoms with E-state index in [4.69, 9.17) is 15.0 Å². The number of hydrogen-bond acceptors (Lipinski definition) is 3.